The third-order valence-electron chi connectivity index (χ3n) is 3.88. The molecule has 2 N–H and O–H groups in total. The average Bonchev–Trinajstić information content (AvgIpc) is 2.74. The highest BCUT2D eigenvalue weighted by molar-refractivity contribution is 5.88. The zero-order valence-corrected chi connectivity index (χ0v) is 11.8. The lowest BCUT2D eigenvalue weighted by Gasteiger charge is -2.19. The quantitative estimate of drug-likeness (QED) is 0.871. The van der Waals surface area contributed by atoms with Crippen LogP contribution in [0.2, 0.25) is 0 Å². The van der Waals surface area contributed by atoms with Crippen LogP contribution in [0.1, 0.15) is 62.0 Å². The van der Waals surface area contributed by atoms with Crippen LogP contribution in [0.25, 0.3) is 0 Å². The number of aromatic nitrogens is 1. The van der Waals surface area contributed by atoms with Crippen LogP contribution in [0.5, 0.6) is 0 Å². The SMILES string of the molecule is CC(C)c1cc(C(=O)O)cc(NC2CCCC2C)n1. The van der Waals surface area contributed by atoms with Gasteiger partial charge in [-0.25, -0.2) is 9.78 Å². The Morgan fingerprint density at radius 3 is 2.68 bits per heavy atom. The summed E-state index contributed by atoms with van der Waals surface area (Å²) >= 11 is 0. The van der Waals surface area contributed by atoms with Gasteiger partial charge in [0.1, 0.15) is 5.82 Å². The van der Waals surface area contributed by atoms with Crippen LogP contribution in [0, 0.1) is 5.92 Å². The van der Waals surface area contributed by atoms with E-state index < -0.39 is 5.97 Å². The molecular formula is C15H22N2O2. The van der Waals surface area contributed by atoms with E-state index in [1.807, 2.05) is 13.8 Å². The number of carboxylic acid groups (broad SMARTS) is 1. The fraction of sp³-hybridized carbons (Fsp3) is 0.600. The summed E-state index contributed by atoms with van der Waals surface area (Å²) in [5, 5.41) is 12.6. The van der Waals surface area contributed by atoms with E-state index in [-0.39, 0.29) is 5.92 Å². The molecule has 0 spiro atoms. The van der Waals surface area contributed by atoms with Crippen LogP contribution in [0.4, 0.5) is 5.82 Å². The van der Waals surface area contributed by atoms with Crippen LogP contribution in [0.3, 0.4) is 0 Å². The van der Waals surface area contributed by atoms with Gasteiger partial charge in [-0.2, -0.15) is 0 Å². The molecule has 0 saturated heterocycles. The first-order chi connectivity index (χ1) is 8.97. The fourth-order valence-electron chi connectivity index (χ4n) is 2.59. The number of nitrogens with zero attached hydrogens (tertiary/aromatic N) is 1. The van der Waals surface area contributed by atoms with E-state index >= 15 is 0 Å². The molecule has 1 aromatic heterocycles. The summed E-state index contributed by atoms with van der Waals surface area (Å²) in [6.45, 7) is 6.28. The van der Waals surface area contributed by atoms with Crippen molar-refractivity contribution in [2.24, 2.45) is 5.92 Å². The highest BCUT2D eigenvalue weighted by atomic mass is 16.4. The Morgan fingerprint density at radius 1 is 1.42 bits per heavy atom. The number of pyridine rings is 1. The first-order valence-corrected chi connectivity index (χ1v) is 6.99. The van der Waals surface area contributed by atoms with E-state index in [1.165, 1.54) is 12.8 Å². The maximum absolute atomic E-state index is 11.2. The molecule has 2 rings (SSSR count). The maximum Gasteiger partial charge on any atom is 0.335 e. The number of hydrogen-bond acceptors (Lipinski definition) is 3. The fourth-order valence-corrected chi connectivity index (χ4v) is 2.59. The Bertz CT molecular complexity index is 471. The van der Waals surface area contributed by atoms with Crippen molar-refractivity contribution in [1.82, 2.24) is 4.98 Å². The molecule has 0 aliphatic heterocycles. The van der Waals surface area contributed by atoms with Crippen molar-refractivity contribution in [3.05, 3.63) is 23.4 Å². The summed E-state index contributed by atoms with van der Waals surface area (Å²) in [6, 6.07) is 3.71. The molecule has 1 aliphatic carbocycles. The van der Waals surface area contributed by atoms with Crippen LogP contribution >= 0.6 is 0 Å². The molecule has 1 fully saturated rings. The van der Waals surface area contributed by atoms with E-state index in [1.54, 1.807) is 12.1 Å². The molecule has 4 heteroatoms. The normalized spacial score (nSPS) is 22.7. The summed E-state index contributed by atoms with van der Waals surface area (Å²) in [7, 11) is 0. The molecule has 1 aliphatic rings. The molecule has 1 aromatic rings. The zero-order valence-electron chi connectivity index (χ0n) is 11.8. The number of aromatic carboxylic acids is 1. The highest BCUT2D eigenvalue weighted by Crippen LogP contribution is 2.28. The standard InChI is InChI=1S/C15H22N2O2/c1-9(2)13-7-11(15(18)19)8-14(17-13)16-12-6-4-5-10(12)3/h7-10,12H,4-6H2,1-3H3,(H,16,17)(H,18,19). The van der Waals surface area contributed by atoms with E-state index in [4.69, 9.17) is 0 Å². The lowest BCUT2D eigenvalue weighted by atomic mass is 10.1. The van der Waals surface area contributed by atoms with Gasteiger partial charge in [-0.05, 0) is 36.8 Å². The molecule has 1 saturated carbocycles. The topological polar surface area (TPSA) is 62.2 Å². The number of rotatable bonds is 4. The zero-order chi connectivity index (χ0) is 14.0. The number of nitrogens with one attached hydrogen (secondary N) is 1. The van der Waals surface area contributed by atoms with E-state index in [0.717, 1.165) is 12.1 Å². The van der Waals surface area contributed by atoms with Crippen molar-refractivity contribution in [1.29, 1.82) is 0 Å². The molecule has 0 radical (unpaired) electrons. The average molecular weight is 262 g/mol. The monoisotopic (exact) mass is 262 g/mol. The third kappa shape index (κ3) is 3.25. The Labute approximate surface area is 114 Å². The van der Waals surface area contributed by atoms with Crippen molar-refractivity contribution in [2.45, 2.75) is 52.0 Å². The Kier molecular flexibility index (Phi) is 4.08. The van der Waals surface area contributed by atoms with Gasteiger partial charge in [0.05, 0.1) is 5.56 Å². The van der Waals surface area contributed by atoms with Gasteiger partial charge in [-0.1, -0.05) is 27.2 Å². The molecule has 104 valence electrons. The number of anilines is 1. The first-order valence-electron chi connectivity index (χ1n) is 6.99. The molecule has 19 heavy (non-hydrogen) atoms. The highest BCUT2D eigenvalue weighted by Gasteiger charge is 2.24. The molecule has 0 amide bonds. The second kappa shape index (κ2) is 5.59. The molecular weight excluding hydrogens is 240 g/mol. The largest absolute Gasteiger partial charge is 0.478 e. The van der Waals surface area contributed by atoms with Crippen LogP contribution < -0.4 is 5.32 Å². The summed E-state index contributed by atoms with van der Waals surface area (Å²) < 4.78 is 0. The van der Waals surface area contributed by atoms with Gasteiger partial charge >= 0.3 is 5.97 Å². The summed E-state index contributed by atoms with van der Waals surface area (Å²) in [6.07, 6.45) is 3.60. The van der Waals surface area contributed by atoms with Gasteiger partial charge in [0.15, 0.2) is 0 Å². The van der Waals surface area contributed by atoms with Crippen molar-refractivity contribution < 1.29 is 9.90 Å². The van der Waals surface area contributed by atoms with Gasteiger partial charge in [-0.15, -0.1) is 0 Å². The second-order valence-corrected chi connectivity index (χ2v) is 5.78. The lowest BCUT2D eigenvalue weighted by molar-refractivity contribution is 0.0696. The maximum atomic E-state index is 11.2. The van der Waals surface area contributed by atoms with Gasteiger partial charge in [0, 0.05) is 11.7 Å². The summed E-state index contributed by atoms with van der Waals surface area (Å²) in [5.74, 6) is 0.646. The summed E-state index contributed by atoms with van der Waals surface area (Å²) in [4.78, 5) is 15.7. The van der Waals surface area contributed by atoms with E-state index in [0.29, 0.717) is 23.3 Å². The van der Waals surface area contributed by atoms with E-state index in [2.05, 4.69) is 17.2 Å². The number of hydrogen-bond donors (Lipinski definition) is 2. The van der Waals surface area contributed by atoms with Crippen molar-refractivity contribution >= 4 is 11.8 Å². The minimum atomic E-state index is -0.896. The Morgan fingerprint density at radius 2 is 2.16 bits per heavy atom. The van der Waals surface area contributed by atoms with Crippen molar-refractivity contribution in [3.8, 4) is 0 Å². The summed E-state index contributed by atoms with van der Waals surface area (Å²) in [5.41, 5.74) is 1.14. The second-order valence-electron chi connectivity index (χ2n) is 5.78. The van der Waals surface area contributed by atoms with Gasteiger partial charge in [0.2, 0.25) is 0 Å². The van der Waals surface area contributed by atoms with E-state index in [9.17, 15) is 9.90 Å². The van der Waals surface area contributed by atoms with Crippen LogP contribution in [-0.2, 0) is 0 Å². The molecule has 4 nitrogen and oxygen atoms in total. The molecule has 1 heterocycles. The van der Waals surface area contributed by atoms with Gasteiger partial charge < -0.3 is 10.4 Å². The predicted molar refractivity (Wildman–Crippen MR) is 75.7 cm³/mol. The first kappa shape index (κ1) is 13.8. The Hall–Kier alpha value is -1.58. The van der Waals surface area contributed by atoms with Crippen LogP contribution in [0.15, 0.2) is 12.1 Å². The van der Waals surface area contributed by atoms with Gasteiger partial charge in [-0.3, -0.25) is 0 Å². The third-order valence-corrected chi connectivity index (χ3v) is 3.88. The number of carbonyl (C=O) groups is 1. The molecule has 2 atom stereocenters. The molecule has 0 bridgehead atoms. The van der Waals surface area contributed by atoms with Crippen LogP contribution in [-0.4, -0.2) is 22.1 Å². The predicted octanol–water partition coefficient (Wildman–Crippen LogP) is 3.50. The smallest absolute Gasteiger partial charge is 0.335 e. The van der Waals surface area contributed by atoms with Crippen molar-refractivity contribution in [2.75, 3.05) is 5.32 Å². The number of carboxylic acids is 1. The Balaban J connectivity index is 2.25. The molecule has 0 aromatic carbocycles. The molecule has 2 unspecified atom stereocenters. The minimum absolute atomic E-state index is 0.223. The van der Waals surface area contributed by atoms with Gasteiger partial charge in [0.25, 0.3) is 0 Å². The van der Waals surface area contributed by atoms with Crippen molar-refractivity contribution in [3.63, 3.8) is 0 Å². The lowest BCUT2D eigenvalue weighted by Crippen LogP contribution is -2.23. The minimum Gasteiger partial charge on any atom is -0.478 e.